The fraction of sp³-hybridized carbons (Fsp3) is 0.370. The first-order chi connectivity index (χ1) is 17.7. The zero-order chi connectivity index (χ0) is 25.9. The molecule has 4 aromatic rings. The number of fused-ring (bicyclic) bond motifs is 2. The molecule has 192 valence electrons. The first-order valence-corrected chi connectivity index (χ1v) is 12.4. The molecule has 0 radical (unpaired) electrons. The largest absolute Gasteiger partial charge is 0.573 e. The monoisotopic (exact) mass is 509 g/mol. The molecule has 0 N–H and O–H groups in total. The van der Waals surface area contributed by atoms with Crippen LogP contribution in [0.15, 0.2) is 42.9 Å². The van der Waals surface area contributed by atoms with Gasteiger partial charge in [-0.25, -0.2) is 4.98 Å². The summed E-state index contributed by atoms with van der Waals surface area (Å²) < 4.78 is 48.8. The molecule has 10 heteroatoms. The van der Waals surface area contributed by atoms with E-state index in [0.29, 0.717) is 65.3 Å². The van der Waals surface area contributed by atoms with E-state index in [4.69, 9.17) is 4.98 Å². The van der Waals surface area contributed by atoms with Crippen molar-refractivity contribution in [3.05, 3.63) is 54.4 Å². The van der Waals surface area contributed by atoms with Crippen LogP contribution in [0.1, 0.15) is 43.6 Å². The molecule has 7 nitrogen and oxygen atoms in total. The van der Waals surface area contributed by atoms with Gasteiger partial charge in [0, 0.05) is 73.1 Å². The Morgan fingerprint density at radius 3 is 2.65 bits per heavy atom. The summed E-state index contributed by atoms with van der Waals surface area (Å²) in [6.07, 6.45) is 2.84. The van der Waals surface area contributed by atoms with Crippen molar-refractivity contribution >= 4 is 16.8 Å². The Hall–Kier alpha value is -3.82. The first-order valence-electron chi connectivity index (χ1n) is 12.4. The SMILES string of the molecule is CCC(=O)N1CCn2c(C3CC3)nc(-c3ccnc4cc(-c5ccn(C)c5)c(OC(F)(F)F)cc34)c2C1. The van der Waals surface area contributed by atoms with Crippen LogP contribution >= 0.6 is 0 Å². The molecule has 1 saturated carbocycles. The summed E-state index contributed by atoms with van der Waals surface area (Å²) in [5, 5.41) is 0.517. The van der Waals surface area contributed by atoms with Gasteiger partial charge in [0.25, 0.3) is 0 Å². The van der Waals surface area contributed by atoms with Gasteiger partial charge in [-0.3, -0.25) is 9.78 Å². The summed E-state index contributed by atoms with van der Waals surface area (Å²) in [5.74, 6) is 1.15. The summed E-state index contributed by atoms with van der Waals surface area (Å²) >= 11 is 0. The lowest BCUT2D eigenvalue weighted by atomic mass is 9.99. The molecule has 37 heavy (non-hydrogen) atoms. The molecule has 1 aromatic carbocycles. The van der Waals surface area contributed by atoms with Crippen LogP contribution in [0.2, 0.25) is 0 Å². The van der Waals surface area contributed by atoms with Gasteiger partial charge in [0.05, 0.1) is 23.4 Å². The molecule has 1 aliphatic carbocycles. The third kappa shape index (κ3) is 4.34. The summed E-state index contributed by atoms with van der Waals surface area (Å²) in [4.78, 5) is 23.8. The van der Waals surface area contributed by atoms with Gasteiger partial charge in [-0.1, -0.05) is 6.92 Å². The second kappa shape index (κ2) is 8.64. The number of amides is 1. The Labute approximate surface area is 211 Å². The van der Waals surface area contributed by atoms with Crippen molar-refractivity contribution in [1.82, 2.24) is 24.0 Å². The number of alkyl halides is 3. The number of benzene rings is 1. The van der Waals surface area contributed by atoms with E-state index in [9.17, 15) is 18.0 Å². The van der Waals surface area contributed by atoms with Gasteiger partial charge in [0.2, 0.25) is 5.91 Å². The van der Waals surface area contributed by atoms with Crippen molar-refractivity contribution in [2.75, 3.05) is 6.54 Å². The van der Waals surface area contributed by atoms with Crippen LogP contribution in [0, 0.1) is 0 Å². The number of hydrogen-bond donors (Lipinski definition) is 0. The normalized spacial score (nSPS) is 15.8. The van der Waals surface area contributed by atoms with Crippen LogP contribution in [0.4, 0.5) is 13.2 Å². The van der Waals surface area contributed by atoms with Crippen molar-refractivity contribution in [1.29, 1.82) is 0 Å². The Bertz CT molecular complexity index is 1520. The standard InChI is InChI=1S/C27H26F3N5O2/c1-3-24(36)34-10-11-35-22(15-34)25(32-26(35)16-4-5-16)18-6-8-31-21-12-19(17-7-9-33(2)14-17)23(13-20(18)21)37-27(28,29)30/h6-9,12-14,16H,3-5,10-11,15H2,1-2H3. The Balaban J connectivity index is 1.54. The predicted octanol–water partition coefficient (Wildman–Crippen LogP) is 5.63. The molecule has 4 heterocycles. The van der Waals surface area contributed by atoms with Gasteiger partial charge in [-0.2, -0.15) is 0 Å². The first kappa shape index (κ1) is 23.6. The molecular weight excluding hydrogens is 483 g/mol. The zero-order valence-corrected chi connectivity index (χ0v) is 20.5. The number of pyridine rings is 1. The van der Waals surface area contributed by atoms with E-state index in [2.05, 4.69) is 14.3 Å². The molecule has 0 unspecified atom stereocenters. The van der Waals surface area contributed by atoms with Gasteiger partial charge in [-0.15, -0.1) is 13.2 Å². The molecule has 1 amide bonds. The minimum Gasteiger partial charge on any atom is -0.405 e. The Kier molecular flexibility index (Phi) is 5.50. The highest BCUT2D eigenvalue weighted by Crippen LogP contribution is 2.44. The van der Waals surface area contributed by atoms with E-state index in [1.807, 2.05) is 11.8 Å². The number of rotatable bonds is 5. The topological polar surface area (TPSA) is 65.2 Å². The molecule has 2 aliphatic rings. The lowest BCUT2D eigenvalue weighted by Crippen LogP contribution is -2.38. The highest BCUT2D eigenvalue weighted by Gasteiger charge is 2.35. The molecule has 1 aliphatic heterocycles. The fourth-order valence-electron chi connectivity index (χ4n) is 5.18. The number of aryl methyl sites for hydroxylation is 1. The molecule has 3 aromatic heterocycles. The van der Waals surface area contributed by atoms with Crippen LogP contribution in [0.5, 0.6) is 5.75 Å². The van der Waals surface area contributed by atoms with E-state index < -0.39 is 6.36 Å². The van der Waals surface area contributed by atoms with Crippen LogP contribution in [0.25, 0.3) is 33.3 Å². The molecule has 6 rings (SSSR count). The molecule has 0 saturated heterocycles. The Morgan fingerprint density at radius 2 is 1.97 bits per heavy atom. The highest BCUT2D eigenvalue weighted by atomic mass is 19.4. The van der Waals surface area contributed by atoms with Gasteiger partial charge < -0.3 is 18.8 Å². The third-order valence-corrected chi connectivity index (χ3v) is 7.10. The van der Waals surface area contributed by atoms with E-state index in [0.717, 1.165) is 24.4 Å². The van der Waals surface area contributed by atoms with Gasteiger partial charge >= 0.3 is 6.36 Å². The quantitative estimate of drug-likeness (QED) is 0.350. The molecule has 0 atom stereocenters. The lowest BCUT2D eigenvalue weighted by molar-refractivity contribution is -0.274. The number of hydrogen-bond acceptors (Lipinski definition) is 4. The third-order valence-electron chi connectivity index (χ3n) is 7.10. The van der Waals surface area contributed by atoms with E-state index >= 15 is 0 Å². The number of imidazole rings is 1. The molecular formula is C27H26F3N5O2. The number of carbonyl (C=O) groups is 1. The minimum absolute atomic E-state index is 0.0688. The number of ether oxygens (including phenoxy) is 1. The second-order valence-corrected chi connectivity index (χ2v) is 9.70. The van der Waals surface area contributed by atoms with Crippen molar-refractivity contribution in [2.45, 2.75) is 51.6 Å². The molecule has 1 fully saturated rings. The summed E-state index contributed by atoms with van der Waals surface area (Å²) in [6, 6.07) is 6.56. The number of halogens is 3. The van der Waals surface area contributed by atoms with E-state index in [1.165, 1.54) is 6.07 Å². The van der Waals surface area contributed by atoms with E-state index in [-0.39, 0.29) is 11.7 Å². The number of aromatic nitrogens is 4. The van der Waals surface area contributed by atoms with Gasteiger partial charge in [0.1, 0.15) is 11.6 Å². The fourth-order valence-corrected chi connectivity index (χ4v) is 5.18. The average Bonchev–Trinajstić information content (AvgIpc) is 3.51. The maximum atomic E-state index is 13.4. The number of carbonyl (C=O) groups excluding carboxylic acids is 1. The summed E-state index contributed by atoms with van der Waals surface area (Å²) in [5.41, 5.74) is 3.72. The second-order valence-electron chi connectivity index (χ2n) is 9.70. The average molecular weight is 510 g/mol. The van der Waals surface area contributed by atoms with Crippen molar-refractivity contribution in [2.24, 2.45) is 7.05 Å². The summed E-state index contributed by atoms with van der Waals surface area (Å²) in [7, 11) is 1.80. The smallest absolute Gasteiger partial charge is 0.405 e. The van der Waals surface area contributed by atoms with Crippen molar-refractivity contribution < 1.29 is 22.7 Å². The highest BCUT2D eigenvalue weighted by molar-refractivity contribution is 5.98. The van der Waals surface area contributed by atoms with Gasteiger partial charge in [-0.05, 0) is 37.1 Å². The minimum atomic E-state index is -4.85. The van der Waals surface area contributed by atoms with Crippen LogP contribution in [0.3, 0.4) is 0 Å². The maximum absolute atomic E-state index is 13.4. The van der Waals surface area contributed by atoms with Crippen molar-refractivity contribution in [3.63, 3.8) is 0 Å². The molecule has 0 bridgehead atoms. The zero-order valence-electron chi connectivity index (χ0n) is 20.5. The van der Waals surface area contributed by atoms with Crippen LogP contribution < -0.4 is 4.74 Å². The van der Waals surface area contributed by atoms with Crippen LogP contribution in [-0.2, 0) is 24.9 Å². The van der Waals surface area contributed by atoms with Crippen molar-refractivity contribution in [3.8, 4) is 28.1 Å². The molecule has 0 spiro atoms. The predicted molar refractivity (Wildman–Crippen MR) is 132 cm³/mol. The van der Waals surface area contributed by atoms with E-state index in [1.54, 1.807) is 48.4 Å². The van der Waals surface area contributed by atoms with Crippen LogP contribution in [-0.4, -0.2) is 42.8 Å². The lowest BCUT2D eigenvalue weighted by Gasteiger charge is -2.29. The summed E-state index contributed by atoms with van der Waals surface area (Å²) in [6.45, 7) is 3.53. The van der Waals surface area contributed by atoms with Gasteiger partial charge in [0.15, 0.2) is 0 Å². The number of nitrogens with zero attached hydrogens (tertiary/aromatic N) is 5. The maximum Gasteiger partial charge on any atom is 0.573 e. The Morgan fingerprint density at radius 1 is 1.16 bits per heavy atom.